The second-order valence-corrected chi connectivity index (χ2v) is 29.8. The van der Waals surface area contributed by atoms with E-state index in [-0.39, 0.29) is 64.4 Å². The van der Waals surface area contributed by atoms with Crippen molar-refractivity contribution in [3.05, 3.63) is 139 Å². The van der Waals surface area contributed by atoms with Gasteiger partial charge in [0, 0.05) is 153 Å². The molecule has 0 aromatic carbocycles. The number of aromatic nitrogens is 6. The SMILES string of the molecule is COC[C@@H](C)Cc1cc(NC(=O)N2CCCc3cc(CN4CC[C@@H](C)C4=O)c(C=O)nc32)ncc1C#N.COC[C@@H](C)Cc1cc(NC(=O)N2CCCc3cc(CN4CC[C@H](C)C4=O)c(C=O)nc32)ncc1C#N.C[C@H]1CCN(Cc2cc3c(nc2C=O)N(C(=O)Nc2cc(C[C@H]4CCOC4)c(C#N)cn2)CCC3)C1=O. The van der Waals surface area contributed by atoms with Crippen LogP contribution in [-0.4, -0.2) is 179 Å². The molecule has 13 heterocycles. The van der Waals surface area contributed by atoms with Crippen molar-refractivity contribution in [2.24, 2.45) is 35.5 Å². The van der Waals surface area contributed by atoms with E-state index in [1.54, 1.807) is 47.1 Å². The van der Waals surface area contributed by atoms with Gasteiger partial charge in [0.2, 0.25) is 17.7 Å². The van der Waals surface area contributed by atoms with Gasteiger partial charge in [-0.15, -0.1) is 0 Å². The number of hydrogen-bond acceptors (Lipinski definition) is 21. The molecule has 4 fully saturated rings. The number of pyridine rings is 6. The molecule has 30 nitrogen and oxygen atoms in total. The van der Waals surface area contributed by atoms with Crippen molar-refractivity contribution in [3.63, 3.8) is 0 Å². The van der Waals surface area contributed by atoms with Crippen molar-refractivity contribution in [2.75, 3.05) is 111 Å². The number of carbonyl (C=O) groups excluding carboxylic acids is 9. The first-order valence-corrected chi connectivity index (χ1v) is 37.9. The molecule has 7 aliphatic heterocycles. The minimum atomic E-state index is -0.408. The summed E-state index contributed by atoms with van der Waals surface area (Å²) in [5, 5.41) is 36.9. The predicted octanol–water partition coefficient (Wildman–Crippen LogP) is 9.77. The third kappa shape index (κ3) is 19.4. The number of fused-ring (bicyclic) bond motifs is 3. The number of ether oxygens (including phenoxy) is 3. The van der Waals surface area contributed by atoms with Gasteiger partial charge >= 0.3 is 18.1 Å². The zero-order chi connectivity index (χ0) is 79.0. The zero-order valence-corrected chi connectivity index (χ0v) is 63.9. The Kier molecular flexibility index (Phi) is 27.0. The number of likely N-dealkylation sites (tertiary alicyclic amines) is 3. The number of rotatable bonds is 22. The summed E-state index contributed by atoms with van der Waals surface area (Å²) in [4.78, 5) is 149. The van der Waals surface area contributed by atoms with Gasteiger partial charge in [0.25, 0.3) is 0 Å². The minimum absolute atomic E-state index is 0.00713. The first-order chi connectivity index (χ1) is 53.6. The number of anilines is 6. The summed E-state index contributed by atoms with van der Waals surface area (Å²) in [6, 6.07) is 16.2. The van der Waals surface area contributed by atoms with E-state index in [1.807, 2.05) is 52.8 Å². The van der Waals surface area contributed by atoms with Gasteiger partial charge in [0.15, 0.2) is 18.9 Å². The number of aryl methyl sites for hydroxylation is 3. The fourth-order valence-electron chi connectivity index (χ4n) is 15.3. The molecule has 0 unspecified atom stereocenters. The molecular weight excluding hydrogens is 1420 g/mol. The summed E-state index contributed by atoms with van der Waals surface area (Å²) < 4.78 is 15.9. The third-order valence-corrected chi connectivity index (χ3v) is 21.3. The Bertz CT molecular complexity index is 4470. The highest BCUT2D eigenvalue weighted by Gasteiger charge is 2.36. The largest absolute Gasteiger partial charge is 0.384 e. The highest BCUT2D eigenvalue weighted by molar-refractivity contribution is 6.03. The third-order valence-electron chi connectivity index (χ3n) is 21.3. The number of methoxy groups -OCH3 is 2. The molecular formula is C81H94N18O12. The van der Waals surface area contributed by atoms with Gasteiger partial charge in [-0.05, 0) is 171 Å². The molecule has 7 aliphatic rings. The highest BCUT2D eigenvalue weighted by atomic mass is 16.5. The van der Waals surface area contributed by atoms with Crippen LogP contribution in [0.4, 0.5) is 49.3 Å². The lowest BCUT2D eigenvalue weighted by Crippen LogP contribution is -2.40. The molecule has 6 atom stereocenters. The van der Waals surface area contributed by atoms with Crippen molar-refractivity contribution < 1.29 is 57.4 Å². The molecule has 6 aromatic heterocycles. The van der Waals surface area contributed by atoms with Gasteiger partial charge in [0.1, 0.15) is 70.2 Å². The van der Waals surface area contributed by atoms with E-state index in [2.05, 4.69) is 64.1 Å². The molecule has 4 saturated heterocycles. The Labute approximate surface area is 645 Å². The summed E-state index contributed by atoms with van der Waals surface area (Å²) in [6.45, 7) is 16.6. The highest BCUT2D eigenvalue weighted by Crippen LogP contribution is 2.35. The maximum absolute atomic E-state index is 13.3. The maximum atomic E-state index is 13.3. The average molecular weight is 1510 g/mol. The van der Waals surface area contributed by atoms with E-state index >= 15 is 0 Å². The van der Waals surface area contributed by atoms with Crippen LogP contribution in [-0.2, 0) is 86.8 Å². The monoisotopic (exact) mass is 1510 g/mol. The summed E-state index contributed by atoms with van der Waals surface area (Å²) in [7, 11) is 3.27. The summed E-state index contributed by atoms with van der Waals surface area (Å²) in [5.41, 5.74) is 9.21. The van der Waals surface area contributed by atoms with Crippen LogP contribution in [0.15, 0.2) is 55.0 Å². The van der Waals surface area contributed by atoms with Gasteiger partial charge in [0.05, 0.1) is 16.7 Å². The number of nitrogens with zero attached hydrogens (tertiary/aromatic N) is 15. The Hall–Kier alpha value is -11.5. The number of hydrogen-bond donors (Lipinski definition) is 3. The molecule has 9 amide bonds. The molecule has 30 heteroatoms. The van der Waals surface area contributed by atoms with Crippen LogP contribution in [0.25, 0.3) is 0 Å². The van der Waals surface area contributed by atoms with Crippen molar-refractivity contribution in [3.8, 4) is 18.2 Å². The lowest BCUT2D eigenvalue weighted by molar-refractivity contribution is -0.131. The van der Waals surface area contributed by atoms with E-state index in [4.69, 9.17) is 14.2 Å². The van der Waals surface area contributed by atoms with Crippen LogP contribution < -0.4 is 30.7 Å². The summed E-state index contributed by atoms with van der Waals surface area (Å²) >= 11 is 0. The molecule has 13 rings (SSSR count). The van der Waals surface area contributed by atoms with Crippen molar-refractivity contribution in [2.45, 2.75) is 138 Å². The van der Waals surface area contributed by atoms with Crippen LogP contribution in [0.3, 0.4) is 0 Å². The fourth-order valence-corrected chi connectivity index (χ4v) is 15.3. The topological polar surface area (TPSA) is 386 Å². The normalized spacial score (nSPS) is 18.9. The van der Waals surface area contributed by atoms with Crippen LogP contribution in [0.5, 0.6) is 0 Å². The zero-order valence-electron chi connectivity index (χ0n) is 63.9. The summed E-state index contributed by atoms with van der Waals surface area (Å²) in [6.07, 6.45) is 16.1. The quantitative estimate of drug-likeness (QED) is 0.0532. The number of aldehydes is 3. The Balaban J connectivity index is 0.000000165. The lowest BCUT2D eigenvalue weighted by atomic mass is 9.96. The van der Waals surface area contributed by atoms with Crippen LogP contribution in [0.1, 0.15) is 178 Å². The molecule has 0 saturated carbocycles. The van der Waals surface area contributed by atoms with Crippen molar-refractivity contribution in [1.29, 1.82) is 15.8 Å². The molecule has 580 valence electrons. The number of carbonyl (C=O) groups is 9. The molecule has 0 radical (unpaired) electrons. The molecule has 3 N–H and O–H groups in total. The minimum Gasteiger partial charge on any atom is -0.384 e. The van der Waals surface area contributed by atoms with Crippen molar-refractivity contribution >= 4 is 89.6 Å². The number of nitriles is 3. The van der Waals surface area contributed by atoms with E-state index in [1.165, 1.54) is 33.3 Å². The number of amides is 9. The van der Waals surface area contributed by atoms with Crippen LogP contribution in [0.2, 0.25) is 0 Å². The second kappa shape index (κ2) is 37.3. The van der Waals surface area contributed by atoms with Crippen LogP contribution >= 0.6 is 0 Å². The van der Waals surface area contributed by atoms with Gasteiger partial charge in [-0.1, -0.05) is 34.6 Å². The molecule has 6 aromatic rings. The van der Waals surface area contributed by atoms with E-state index < -0.39 is 18.1 Å². The average Bonchev–Trinajstić information content (AvgIpc) is 1.40. The van der Waals surface area contributed by atoms with Gasteiger partial charge < -0.3 is 28.9 Å². The Morgan fingerprint density at radius 2 is 0.838 bits per heavy atom. The van der Waals surface area contributed by atoms with Gasteiger partial charge in [-0.25, -0.2) is 44.3 Å². The van der Waals surface area contributed by atoms with Crippen LogP contribution in [0, 0.1) is 69.5 Å². The number of nitrogens with one attached hydrogen (secondary N) is 3. The smallest absolute Gasteiger partial charge is 0.328 e. The predicted molar refractivity (Wildman–Crippen MR) is 409 cm³/mol. The summed E-state index contributed by atoms with van der Waals surface area (Å²) in [5.74, 6) is 3.32. The molecule has 111 heavy (non-hydrogen) atoms. The first-order valence-electron chi connectivity index (χ1n) is 37.9. The van der Waals surface area contributed by atoms with E-state index in [9.17, 15) is 58.9 Å². The second-order valence-electron chi connectivity index (χ2n) is 29.8. The number of urea groups is 3. The first kappa shape index (κ1) is 80.5. The molecule has 0 bridgehead atoms. The maximum Gasteiger partial charge on any atom is 0.328 e. The van der Waals surface area contributed by atoms with Gasteiger partial charge in [-0.2, -0.15) is 15.8 Å². The fraction of sp³-hybridized carbons (Fsp3) is 0.481. The Morgan fingerprint density at radius 3 is 1.13 bits per heavy atom. The molecule has 0 aliphatic carbocycles. The molecule has 0 spiro atoms. The van der Waals surface area contributed by atoms with Crippen molar-refractivity contribution in [1.82, 2.24) is 44.6 Å². The lowest BCUT2D eigenvalue weighted by Gasteiger charge is -2.29. The Morgan fingerprint density at radius 1 is 0.505 bits per heavy atom. The van der Waals surface area contributed by atoms with E-state index in [0.29, 0.717) is 191 Å². The van der Waals surface area contributed by atoms with E-state index in [0.717, 1.165) is 104 Å². The van der Waals surface area contributed by atoms with Gasteiger partial charge in [-0.3, -0.25) is 59.4 Å². The standard InChI is InChI=1S/C27H30N6O4.2C27H32N6O4/c1-17-4-7-32(26(17)35)14-21-10-19-3-2-6-33(25(19)30-23(21)15-34)27(36)31-24-11-20(22(12-28)13-29-24)9-18-5-8-37-16-18;2*1-17(16-37-3)9-20-11-24(29-13-22(20)12-28)31-27(36)33-7-4-5-19-10-21(23(15-34)30-25(19)33)14-32-8-6-18(2)26(32)35/h10-11,13,15,17-18H,2-9,14,16H2,1H3,(H,29,31,36);2*10-11,13,15,17-18H,4-9,14,16H2,1-3H3,(H,29,31,36)/t2*17-,18+;17-,18-/m000/s1.